The Balaban J connectivity index is 2.03. The first-order valence-electron chi connectivity index (χ1n) is 5.61. The third kappa shape index (κ3) is 2.74. The maximum Gasteiger partial charge on any atom is 0.246 e. The van der Waals surface area contributed by atoms with Crippen LogP contribution >= 0.6 is 0 Å². The summed E-state index contributed by atoms with van der Waals surface area (Å²) >= 11 is 0. The molecule has 0 saturated carbocycles. The fourth-order valence-corrected chi connectivity index (χ4v) is 1.60. The first kappa shape index (κ1) is 12.3. The second-order valence-electron chi connectivity index (χ2n) is 4.12. The number of para-hydroxylation sites is 1. The number of aryl methyl sites for hydroxylation is 2. The van der Waals surface area contributed by atoms with Crippen LogP contribution in [0.25, 0.3) is 0 Å². The van der Waals surface area contributed by atoms with Crippen molar-refractivity contribution in [3.63, 3.8) is 0 Å². The summed E-state index contributed by atoms with van der Waals surface area (Å²) in [6.45, 7) is 3.87. The van der Waals surface area contributed by atoms with E-state index in [2.05, 4.69) is 10.4 Å². The van der Waals surface area contributed by atoms with Crippen LogP contribution in [0.4, 0.5) is 10.1 Å². The minimum Gasteiger partial charge on any atom is -0.322 e. The van der Waals surface area contributed by atoms with E-state index in [-0.39, 0.29) is 18.1 Å². The lowest BCUT2D eigenvalue weighted by Crippen LogP contribution is -2.19. The van der Waals surface area contributed by atoms with E-state index in [0.717, 1.165) is 11.3 Å². The predicted octanol–water partition coefficient (Wildman–Crippen LogP) is 2.28. The Morgan fingerprint density at radius 1 is 1.39 bits per heavy atom. The second-order valence-corrected chi connectivity index (χ2v) is 4.12. The van der Waals surface area contributed by atoms with Gasteiger partial charge in [0.25, 0.3) is 0 Å². The molecule has 18 heavy (non-hydrogen) atoms. The number of carbonyl (C=O) groups excluding carboxylic acids is 1. The van der Waals surface area contributed by atoms with Gasteiger partial charge in [-0.1, -0.05) is 12.1 Å². The molecule has 0 fully saturated rings. The number of benzene rings is 1. The Morgan fingerprint density at radius 3 is 2.72 bits per heavy atom. The molecule has 0 aliphatic carbocycles. The average molecular weight is 247 g/mol. The van der Waals surface area contributed by atoms with E-state index in [1.807, 2.05) is 13.8 Å². The zero-order valence-electron chi connectivity index (χ0n) is 10.3. The van der Waals surface area contributed by atoms with Crippen LogP contribution in [0.5, 0.6) is 0 Å². The molecular weight excluding hydrogens is 233 g/mol. The van der Waals surface area contributed by atoms with Gasteiger partial charge in [-0.05, 0) is 31.5 Å². The van der Waals surface area contributed by atoms with Gasteiger partial charge in [0.05, 0.1) is 11.4 Å². The SMILES string of the molecule is Cc1cn(CC(=O)Nc2ccccc2F)nc1C. The number of rotatable bonds is 3. The molecule has 5 heteroatoms. The van der Waals surface area contributed by atoms with Gasteiger partial charge in [0.1, 0.15) is 12.4 Å². The van der Waals surface area contributed by atoms with Gasteiger partial charge in [0.2, 0.25) is 5.91 Å². The molecule has 0 aliphatic rings. The van der Waals surface area contributed by atoms with Crippen LogP contribution in [-0.2, 0) is 11.3 Å². The molecule has 0 aliphatic heterocycles. The highest BCUT2D eigenvalue weighted by Crippen LogP contribution is 2.12. The van der Waals surface area contributed by atoms with Crippen LogP contribution in [0.1, 0.15) is 11.3 Å². The molecule has 0 spiro atoms. The van der Waals surface area contributed by atoms with Crippen molar-refractivity contribution in [2.75, 3.05) is 5.32 Å². The largest absolute Gasteiger partial charge is 0.322 e. The van der Waals surface area contributed by atoms with Crippen molar-refractivity contribution in [1.29, 1.82) is 0 Å². The number of carbonyl (C=O) groups is 1. The highest BCUT2D eigenvalue weighted by atomic mass is 19.1. The van der Waals surface area contributed by atoms with E-state index in [1.54, 1.807) is 23.0 Å². The molecule has 1 aromatic carbocycles. The standard InChI is InChI=1S/C13H14FN3O/c1-9-7-17(16-10(9)2)8-13(18)15-12-6-4-3-5-11(12)14/h3-7H,8H2,1-2H3,(H,15,18). The van der Waals surface area contributed by atoms with Gasteiger partial charge < -0.3 is 5.32 Å². The van der Waals surface area contributed by atoms with Crippen LogP contribution in [-0.4, -0.2) is 15.7 Å². The number of anilines is 1. The summed E-state index contributed by atoms with van der Waals surface area (Å²) in [4.78, 5) is 11.7. The Hall–Kier alpha value is -2.17. The van der Waals surface area contributed by atoms with Crippen molar-refractivity contribution in [2.45, 2.75) is 20.4 Å². The summed E-state index contributed by atoms with van der Waals surface area (Å²) in [6, 6.07) is 6.07. The summed E-state index contributed by atoms with van der Waals surface area (Å²) in [5, 5.41) is 6.69. The lowest BCUT2D eigenvalue weighted by Gasteiger charge is -2.06. The maximum atomic E-state index is 13.3. The summed E-state index contributed by atoms with van der Waals surface area (Å²) in [5.41, 5.74) is 2.09. The van der Waals surface area contributed by atoms with Crippen molar-refractivity contribution in [2.24, 2.45) is 0 Å². The van der Waals surface area contributed by atoms with E-state index in [1.165, 1.54) is 12.1 Å². The predicted molar refractivity (Wildman–Crippen MR) is 66.7 cm³/mol. The van der Waals surface area contributed by atoms with Crippen LogP contribution < -0.4 is 5.32 Å². The first-order valence-corrected chi connectivity index (χ1v) is 5.61. The number of nitrogens with zero attached hydrogens (tertiary/aromatic N) is 2. The number of hydrogen-bond donors (Lipinski definition) is 1. The highest BCUT2D eigenvalue weighted by molar-refractivity contribution is 5.90. The topological polar surface area (TPSA) is 46.9 Å². The van der Waals surface area contributed by atoms with Gasteiger partial charge >= 0.3 is 0 Å². The Bertz CT molecular complexity index is 558. The van der Waals surface area contributed by atoms with E-state index >= 15 is 0 Å². The highest BCUT2D eigenvalue weighted by Gasteiger charge is 2.08. The summed E-state index contributed by atoms with van der Waals surface area (Å²) in [6.07, 6.45) is 1.79. The number of halogens is 1. The molecule has 2 aromatic rings. The van der Waals surface area contributed by atoms with E-state index < -0.39 is 5.82 Å². The van der Waals surface area contributed by atoms with Gasteiger partial charge in [-0.3, -0.25) is 9.48 Å². The van der Waals surface area contributed by atoms with Gasteiger partial charge in [-0.2, -0.15) is 5.10 Å². The summed E-state index contributed by atoms with van der Waals surface area (Å²) in [5.74, 6) is -0.749. The molecule has 94 valence electrons. The third-order valence-electron chi connectivity index (χ3n) is 2.65. The smallest absolute Gasteiger partial charge is 0.246 e. The van der Waals surface area contributed by atoms with Crippen LogP contribution in [0.2, 0.25) is 0 Å². The van der Waals surface area contributed by atoms with Crippen LogP contribution in [0, 0.1) is 19.7 Å². The number of amides is 1. The Kier molecular flexibility index (Phi) is 3.41. The van der Waals surface area contributed by atoms with Gasteiger partial charge in [0.15, 0.2) is 0 Å². The zero-order chi connectivity index (χ0) is 13.1. The molecule has 1 N–H and O–H groups in total. The van der Waals surface area contributed by atoms with E-state index in [0.29, 0.717) is 0 Å². The normalized spacial score (nSPS) is 10.4. The van der Waals surface area contributed by atoms with Crippen LogP contribution in [0.15, 0.2) is 30.5 Å². The van der Waals surface area contributed by atoms with Crippen molar-refractivity contribution in [1.82, 2.24) is 9.78 Å². The van der Waals surface area contributed by atoms with E-state index in [9.17, 15) is 9.18 Å². The molecule has 1 aromatic heterocycles. The van der Waals surface area contributed by atoms with Crippen molar-refractivity contribution in [3.05, 3.63) is 47.5 Å². The molecule has 0 radical (unpaired) electrons. The second kappa shape index (κ2) is 5.00. The van der Waals surface area contributed by atoms with Gasteiger partial charge in [0, 0.05) is 6.20 Å². The summed E-state index contributed by atoms with van der Waals surface area (Å²) in [7, 11) is 0. The van der Waals surface area contributed by atoms with Gasteiger partial charge in [-0.25, -0.2) is 4.39 Å². The first-order chi connectivity index (χ1) is 8.56. The molecular formula is C13H14FN3O. The van der Waals surface area contributed by atoms with Crippen molar-refractivity contribution >= 4 is 11.6 Å². The zero-order valence-corrected chi connectivity index (χ0v) is 10.3. The maximum absolute atomic E-state index is 13.3. The minimum atomic E-state index is -0.446. The third-order valence-corrected chi connectivity index (χ3v) is 2.65. The van der Waals surface area contributed by atoms with Crippen molar-refractivity contribution in [3.8, 4) is 0 Å². The van der Waals surface area contributed by atoms with E-state index in [4.69, 9.17) is 0 Å². The van der Waals surface area contributed by atoms with Crippen LogP contribution in [0.3, 0.4) is 0 Å². The summed E-state index contributed by atoms with van der Waals surface area (Å²) < 4.78 is 14.9. The molecule has 1 heterocycles. The minimum absolute atomic E-state index is 0.0724. The Morgan fingerprint density at radius 2 is 2.11 bits per heavy atom. The molecule has 2 rings (SSSR count). The quantitative estimate of drug-likeness (QED) is 0.904. The molecule has 0 unspecified atom stereocenters. The average Bonchev–Trinajstić information content (AvgIpc) is 2.61. The molecule has 0 bridgehead atoms. The van der Waals surface area contributed by atoms with Crippen molar-refractivity contribution < 1.29 is 9.18 Å². The lowest BCUT2D eigenvalue weighted by molar-refractivity contribution is -0.116. The Labute approximate surface area is 104 Å². The molecule has 0 atom stereocenters. The number of aromatic nitrogens is 2. The lowest BCUT2D eigenvalue weighted by atomic mass is 10.3. The molecule has 4 nitrogen and oxygen atoms in total. The number of hydrogen-bond acceptors (Lipinski definition) is 2. The van der Waals surface area contributed by atoms with Gasteiger partial charge in [-0.15, -0.1) is 0 Å². The fraction of sp³-hybridized carbons (Fsp3) is 0.231. The fourth-order valence-electron chi connectivity index (χ4n) is 1.60. The molecule has 1 amide bonds. The molecule has 0 saturated heterocycles. The number of nitrogens with one attached hydrogen (secondary N) is 1. The monoisotopic (exact) mass is 247 g/mol.